The van der Waals surface area contributed by atoms with Gasteiger partial charge in [-0.3, -0.25) is 14.7 Å². The van der Waals surface area contributed by atoms with Gasteiger partial charge in [0.05, 0.1) is 17.1 Å². The Balaban J connectivity index is 1.36. The highest BCUT2D eigenvalue weighted by Crippen LogP contribution is 2.36. The molecule has 0 spiro atoms. The number of benzene rings is 2. The van der Waals surface area contributed by atoms with Crippen LogP contribution in [0.3, 0.4) is 0 Å². The van der Waals surface area contributed by atoms with Gasteiger partial charge in [-0.25, -0.2) is 0 Å². The van der Waals surface area contributed by atoms with E-state index >= 15 is 0 Å². The molecule has 0 bridgehead atoms. The Morgan fingerprint density at radius 2 is 1.87 bits per heavy atom. The molecule has 1 aromatic heterocycles. The second kappa shape index (κ2) is 11.5. The van der Waals surface area contributed by atoms with Gasteiger partial charge in [-0.05, 0) is 82.8 Å². The average Bonchev–Trinajstić information content (AvgIpc) is 2.94. The van der Waals surface area contributed by atoms with E-state index in [2.05, 4.69) is 75.1 Å². The lowest BCUT2D eigenvalue weighted by Crippen LogP contribution is -2.60. The van der Waals surface area contributed by atoms with Gasteiger partial charge in [0.25, 0.3) is 5.91 Å². The third kappa shape index (κ3) is 5.50. The summed E-state index contributed by atoms with van der Waals surface area (Å²) in [4.78, 5) is 28.4. The Morgan fingerprint density at radius 1 is 1.11 bits per heavy atom. The van der Waals surface area contributed by atoms with Gasteiger partial charge in [0.15, 0.2) is 0 Å². The van der Waals surface area contributed by atoms with Crippen molar-refractivity contribution in [3.63, 3.8) is 0 Å². The zero-order chi connectivity index (χ0) is 26.7. The summed E-state index contributed by atoms with van der Waals surface area (Å²) in [5.74, 6) is 0.104. The Kier molecular flexibility index (Phi) is 8.15. The quantitative estimate of drug-likeness (QED) is 0.245. The summed E-state index contributed by atoms with van der Waals surface area (Å²) in [6, 6.07) is 16.6. The molecule has 2 saturated heterocycles. The molecule has 2 aromatic carbocycles. The highest BCUT2D eigenvalue weighted by molar-refractivity contribution is 9.10. The second-order valence-electron chi connectivity index (χ2n) is 10.8. The fourth-order valence-electron chi connectivity index (χ4n) is 6.02. The fourth-order valence-corrected chi connectivity index (χ4v) is 6.28. The molecule has 3 aromatic rings. The largest absolute Gasteiger partial charge is 0.396 e. The highest BCUT2D eigenvalue weighted by atomic mass is 79.9. The van der Waals surface area contributed by atoms with E-state index in [1.54, 1.807) is 6.20 Å². The molecule has 1 atom stereocenters. The molecule has 3 heterocycles. The van der Waals surface area contributed by atoms with Crippen molar-refractivity contribution in [1.82, 2.24) is 14.8 Å². The van der Waals surface area contributed by atoms with Crippen LogP contribution >= 0.6 is 15.9 Å². The van der Waals surface area contributed by atoms with Gasteiger partial charge in [-0.2, -0.15) is 0 Å². The molecule has 2 fully saturated rings. The number of pyridine rings is 1. The van der Waals surface area contributed by atoms with Gasteiger partial charge in [0.1, 0.15) is 12.3 Å². The maximum atomic E-state index is 13.6. The lowest BCUT2D eigenvalue weighted by Gasteiger charge is -2.51. The van der Waals surface area contributed by atoms with E-state index in [1.165, 1.54) is 12.8 Å². The number of hydrogen-bond donors (Lipinski definition) is 0. The molecule has 1 amide bonds. The van der Waals surface area contributed by atoms with Gasteiger partial charge in [0, 0.05) is 40.2 Å². The van der Waals surface area contributed by atoms with Crippen LogP contribution in [0.15, 0.2) is 64.4 Å². The number of oxime groups is 1. The van der Waals surface area contributed by atoms with Crippen LogP contribution in [0.5, 0.6) is 0 Å². The van der Waals surface area contributed by atoms with Gasteiger partial charge < -0.3 is 9.74 Å². The standard InChI is InChI=1S/C31H37BrN4O2/c1-4-38-34-29(23-9-11-24(32)12-10-23)28-7-5-6-18-36(28)31(3)15-19-35(20-16-31)30(37)26-14-17-33-27-21-22(2)8-13-25(26)27/h8-14,17,21,28H,4-7,15-16,18-20H2,1-3H3/b34-29-. The summed E-state index contributed by atoms with van der Waals surface area (Å²) < 4.78 is 1.05. The molecule has 7 heteroatoms. The molecular weight excluding hydrogens is 540 g/mol. The van der Waals surface area contributed by atoms with Crippen molar-refractivity contribution in [2.24, 2.45) is 5.16 Å². The van der Waals surface area contributed by atoms with E-state index in [1.807, 2.05) is 30.0 Å². The summed E-state index contributed by atoms with van der Waals surface area (Å²) in [6.07, 6.45) is 7.03. The number of fused-ring (bicyclic) bond motifs is 1. The van der Waals surface area contributed by atoms with Crippen molar-refractivity contribution in [3.8, 4) is 0 Å². The number of likely N-dealkylation sites (tertiary alicyclic amines) is 2. The SMILES string of the molecule is CCO/N=C(/c1ccc(Br)cc1)C1CCCCN1C1(C)CCN(C(=O)c2ccnc3cc(C)ccc23)CC1. The van der Waals surface area contributed by atoms with Gasteiger partial charge in [0.2, 0.25) is 0 Å². The van der Waals surface area contributed by atoms with E-state index < -0.39 is 0 Å². The predicted molar refractivity (Wildman–Crippen MR) is 157 cm³/mol. The zero-order valence-electron chi connectivity index (χ0n) is 22.6. The molecule has 6 nitrogen and oxygen atoms in total. The van der Waals surface area contributed by atoms with Crippen LogP contribution in [0.1, 0.15) is 67.4 Å². The zero-order valence-corrected chi connectivity index (χ0v) is 24.2. The molecule has 0 N–H and O–H groups in total. The van der Waals surface area contributed by atoms with Crippen LogP contribution in [0, 0.1) is 6.92 Å². The molecule has 38 heavy (non-hydrogen) atoms. The number of carbonyl (C=O) groups is 1. The maximum Gasteiger partial charge on any atom is 0.254 e. The minimum Gasteiger partial charge on any atom is -0.396 e. The Morgan fingerprint density at radius 3 is 2.61 bits per heavy atom. The van der Waals surface area contributed by atoms with E-state index in [0.717, 1.165) is 76.7 Å². The topological polar surface area (TPSA) is 58.0 Å². The van der Waals surface area contributed by atoms with Crippen LogP contribution in [-0.2, 0) is 4.84 Å². The summed E-state index contributed by atoms with van der Waals surface area (Å²) in [5.41, 5.74) is 4.88. The monoisotopic (exact) mass is 576 g/mol. The van der Waals surface area contributed by atoms with E-state index in [4.69, 9.17) is 4.84 Å². The number of piperidine rings is 2. The second-order valence-corrected chi connectivity index (χ2v) is 11.7. The molecule has 0 aliphatic carbocycles. The normalized spacial score (nSPS) is 20.5. The average molecular weight is 578 g/mol. The number of carbonyl (C=O) groups excluding carboxylic acids is 1. The van der Waals surface area contributed by atoms with Gasteiger partial charge >= 0.3 is 0 Å². The third-order valence-electron chi connectivity index (χ3n) is 8.20. The van der Waals surface area contributed by atoms with E-state index in [9.17, 15) is 4.79 Å². The minimum absolute atomic E-state index is 0.0123. The van der Waals surface area contributed by atoms with Crippen LogP contribution in [0.25, 0.3) is 10.9 Å². The molecule has 2 aliphatic rings. The number of nitrogens with zero attached hydrogens (tertiary/aromatic N) is 4. The molecule has 200 valence electrons. The van der Waals surface area contributed by atoms with Crippen molar-refractivity contribution in [2.75, 3.05) is 26.2 Å². The van der Waals surface area contributed by atoms with Crippen LogP contribution in [0.2, 0.25) is 0 Å². The minimum atomic E-state index is -0.0123. The van der Waals surface area contributed by atoms with Crippen molar-refractivity contribution in [3.05, 3.63) is 75.9 Å². The lowest BCUT2D eigenvalue weighted by atomic mass is 9.82. The molecule has 5 rings (SSSR count). The fraction of sp³-hybridized carbons (Fsp3) is 0.452. The maximum absolute atomic E-state index is 13.6. The van der Waals surface area contributed by atoms with Crippen LogP contribution < -0.4 is 0 Å². The van der Waals surface area contributed by atoms with E-state index in [-0.39, 0.29) is 17.5 Å². The number of aryl methyl sites for hydroxylation is 1. The van der Waals surface area contributed by atoms with Crippen molar-refractivity contribution in [2.45, 2.75) is 64.5 Å². The third-order valence-corrected chi connectivity index (χ3v) is 8.73. The van der Waals surface area contributed by atoms with Gasteiger partial charge in [-0.15, -0.1) is 0 Å². The first-order chi connectivity index (χ1) is 18.4. The number of amides is 1. The highest BCUT2D eigenvalue weighted by Gasteiger charge is 2.43. The van der Waals surface area contributed by atoms with Crippen molar-refractivity contribution < 1.29 is 9.63 Å². The number of halogens is 1. The number of rotatable bonds is 6. The summed E-state index contributed by atoms with van der Waals surface area (Å²) >= 11 is 3.56. The van der Waals surface area contributed by atoms with Crippen LogP contribution in [-0.4, -0.2) is 64.2 Å². The lowest BCUT2D eigenvalue weighted by molar-refractivity contribution is 0.00568. The molecule has 0 radical (unpaired) electrons. The molecular formula is C31H37BrN4O2. The van der Waals surface area contributed by atoms with Crippen LogP contribution in [0.4, 0.5) is 0 Å². The smallest absolute Gasteiger partial charge is 0.254 e. The Bertz CT molecular complexity index is 1320. The molecule has 0 saturated carbocycles. The molecule has 2 aliphatic heterocycles. The first-order valence-electron chi connectivity index (χ1n) is 13.8. The summed E-state index contributed by atoms with van der Waals surface area (Å²) in [7, 11) is 0. The van der Waals surface area contributed by atoms with E-state index in [0.29, 0.717) is 6.61 Å². The Hall–Kier alpha value is -2.77. The predicted octanol–water partition coefficient (Wildman–Crippen LogP) is 6.60. The summed E-state index contributed by atoms with van der Waals surface area (Å²) in [6.45, 7) is 9.46. The first kappa shape index (κ1) is 26.8. The van der Waals surface area contributed by atoms with Crippen molar-refractivity contribution in [1.29, 1.82) is 0 Å². The first-order valence-corrected chi connectivity index (χ1v) is 14.6. The molecule has 1 unspecified atom stereocenters. The number of aromatic nitrogens is 1. The van der Waals surface area contributed by atoms with Gasteiger partial charge in [-0.1, -0.05) is 51.8 Å². The summed E-state index contributed by atoms with van der Waals surface area (Å²) in [5, 5.41) is 5.58. The van der Waals surface area contributed by atoms with Crippen molar-refractivity contribution >= 4 is 38.5 Å². The number of hydrogen-bond acceptors (Lipinski definition) is 5. The Labute approximate surface area is 234 Å².